The summed E-state index contributed by atoms with van der Waals surface area (Å²) in [7, 11) is 0. The van der Waals surface area contributed by atoms with Crippen LogP contribution in [0.4, 0.5) is 5.69 Å². The summed E-state index contributed by atoms with van der Waals surface area (Å²) in [5.74, 6) is 1.41. The van der Waals surface area contributed by atoms with Gasteiger partial charge in [-0.05, 0) is 17.5 Å². The molecule has 1 saturated heterocycles. The van der Waals surface area contributed by atoms with Gasteiger partial charge in [0.05, 0.1) is 0 Å². The summed E-state index contributed by atoms with van der Waals surface area (Å²) in [5.41, 5.74) is 1.03. The Hall–Kier alpha value is -2.17. The van der Waals surface area contributed by atoms with E-state index in [-0.39, 0.29) is 17.2 Å². The summed E-state index contributed by atoms with van der Waals surface area (Å²) in [5, 5.41) is 4.08. The van der Waals surface area contributed by atoms with Crippen LogP contribution < -0.4 is 4.90 Å². The Balaban J connectivity index is 1.73. The van der Waals surface area contributed by atoms with Gasteiger partial charge in [0.25, 0.3) is 0 Å². The SMILES string of the molecule is CC(C)(C)Cc1nc([C@H]2CC(=O)N(c3ccccc3)C2)no1. The van der Waals surface area contributed by atoms with Gasteiger partial charge in [0.2, 0.25) is 11.8 Å². The number of aromatic nitrogens is 2. The maximum Gasteiger partial charge on any atom is 0.227 e. The van der Waals surface area contributed by atoms with Crippen LogP contribution in [-0.4, -0.2) is 22.6 Å². The van der Waals surface area contributed by atoms with Crippen molar-refractivity contribution in [1.29, 1.82) is 0 Å². The first-order valence-corrected chi connectivity index (χ1v) is 7.60. The summed E-state index contributed by atoms with van der Waals surface area (Å²) in [6.45, 7) is 7.00. The molecule has 1 aromatic heterocycles. The van der Waals surface area contributed by atoms with Crippen molar-refractivity contribution in [3.8, 4) is 0 Å². The van der Waals surface area contributed by atoms with Crippen molar-refractivity contribution in [2.24, 2.45) is 5.41 Å². The van der Waals surface area contributed by atoms with E-state index < -0.39 is 0 Å². The van der Waals surface area contributed by atoms with Crippen LogP contribution in [0.15, 0.2) is 34.9 Å². The molecule has 0 radical (unpaired) electrons. The normalized spacial score (nSPS) is 19.0. The molecule has 0 bridgehead atoms. The lowest BCUT2D eigenvalue weighted by Crippen LogP contribution is -2.24. The van der Waals surface area contributed by atoms with Crippen molar-refractivity contribution >= 4 is 11.6 Å². The Morgan fingerprint density at radius 1 is 1.27 bits per heavy atom. The van der Waals surface area contributed by atoms with Crippen LogP contribution >= 0.6 is 0 Å². The van der Waals surface area contributed by atoms with Crippen LogP contribution in [0, 0.1) is 5.41 Å². The van der Waals surface area contributed by atoms with E-state index >= 15 is 0 Å². The average molecular weight is 299 g/mol. The van der Waals surface area contributed by atoms with Gasteiger partial charge in [0, 0.05) is 31.0 Å². The number of hydrogen-bond acceptors (Lipinski definition) is 4. The molecule has 0 N–H and O–H groups in total. The molecule has 5 heteroatoms. The second-order valence-electron chi connectivity index (χ2n) is 7.02. The standard InChI is InChI=1S/C17H21N3O2/c1-17(2,3)10-14-18-16(19-22-14)12-9-15(21)20(11-12)13-7-5-4-6-8-13/h4-8,12H,9-11H2,1-3H3/t12-/m0/s1. The molecule has 1 aliphatic heterocycles. The summed E-state index contributed by atoms with van der Waals surface area (Å²) >= 11 is 0. The Morgan fingerprint density at radius 2 is 2.00 bits per heavy atom. The van der Waals surface area contributed by atoms with Gasteiger partial charge in [-0.1, -0.05) is 44.1 Å². The summed E-state index contributed by atoms with van der Waals surface area (Å²) in [4.78, 5) is 18.5. The maximum atomic E-state index is 12.2. The number of amides is 1. The smallest absolute Gasteiger partial charge is 0.227 e. The van der Waals surface area contributed by atoms with E-state index in [0.717, 1.165) is 12.1 Å². The highest BCUT2D eigenvalue weighted by molar-refractivity contribution is 5.96. The lowest BCUT2D eigenvalue weighted by molar-refractivity contribution is -0.117. The van der Waals surface area contributed by atoms with Crippen LogP contribution in [0.2, 0.25) is 0 Å². The van der Waals surface area contributed by atoms with Gasteiger partial charge in [0.15, 0.2) is 5.82 Å². The largest absolute Gasteiger partial charge is 0.339 e. The van der Waals surface area contributed by atoms with Crippen LogP contribution in [0.25, 0.3) is 0 Å². The van der Waals surface area contributed by atoms with Crippen LogP contribution in [0.5, 0.6) is 0 Å². The molecule has 1 aliphatic rings. The fourth-order valence-electron chi connectivity index (χ4n) is 2.70. The van der Waals surface area contributed by atoms with E-state index in [4.69, 9.17) is 4.52 Å². The summed E-state index contributed by atoms with van der Waals surface area (Å²) in [6, 6.07) is 9.71. The van der Waals surface area contributed by atoms with Gasteiger partial charge in [-0.2, -0.15) is 4.98 Å². The molecule has 2 aromatic rings. The molecule has 1 fully saturated rings. The number of hydrogen-bond donors (Lipinski definition) is 0. The number of rotatable bonds is 3. The van der Waals surface area contributed by atoms with Gasteiger partial charge in [-0.25, -0.2) is 0 Å². The molecule has 3 rings (SSSR count). The molecule has 0 saturated carbocycles. The summed E-state index contributed by atoms with van der Waals surface area (Å²) < 4.78 is 5.34. The minimum atomic E-state index is 0.00479. The third-order valence-corrected chi connectivity index (χ3v) is 3.72. The van der Waals surface area contributed by atoms with Gasteiger partial charge < -0.3 is 9.42 Å². The zero-order chi connectivity index (χ0) is 15.7. The Labute approximate surface area is 130 Å². The number of carbonyl (C=O) groups is 1. The molecule has 1 atom stereocenters. The quantitative estimate of drug-likeness (QED) is 0.873. The van der Waals surface area contributed by atoms with Crippen LogP contribution in [-0.2, 0) is 11.2 Å². The van der Waals surface area contributed by atoms with Gasteiger partial charge in [-0.3, -0.25) is 4.79 Å². The predicted octanol–water partition coefficient (Wildman–Crippen LogP) is 3.18. The first-order valence-electron chi connectivity index (χ1n) is 7.60. The molecular weight excluding hydrogens is 278 g/mol. The lowest BCUT2D eigenvalue weighted by Gasteiger charge is -2.15. The van der Waals surface area contributed by atoms with Crippen molar-refractivity contribution in [1.82, 2.24) is 10.1 Å². The molecule has 1 aromatic carbocycles. The van der Waals surface area contributed by atoms with E-state index in [2.05, 4.69) is 30.9 Å². The highest BCUT2D eigenvalue weighted by Gasteiger charge is 2.34. The van der Waals surface area contributed by atoms with E-state index in [1.165, 1.54) is 0 Å². The molecule has 22 heavy (non-hydrogen) atoms. The Kier molecular flexibility index (Phi) is 3.72. The van der Waals surface area contributed by atoms with Crippen LogP contribution in [0.1, 0.15) is 44.8 Å². The number of benzene rings is 1. The van der Waals surface area contributed by atoms with Crippen molar-refractivity contribution in [2.45, 2.75) is 39.5 Å². The molecular formula is C17H21N3O2. The van der Waals surface area contributed by atoms with Crippen molar-refractivity contribution in [2.75, 3.05) is 11.4 Å². The van der Waals surface area contributed by atoms with Crippen LogP contribution in [0.3, 0.4) is 0 Å². The molecule has 0 unspecified atom stereocenters. The van der Waals surface area contributed by atoms with E-state index in [9.17, 15) is 4.79 Å². The second-order valence-corrected chi connectivity index (χ2v) is 7.02. The minimum Gasteiger partial charge on any atom is -0.339 e. The third kappa shape index (κ3) is 3.18. The van der Waals surface area contributed by atoms with Gasteiger partial charge in [0.1, 0.15) is 0 Å². The average Bonchev–Trinajstić information content (AvgIpc) is 3.04. The minimum absolute atomic E-state index is 0.00479. The van der Waals surface area contributed by atoms with E-state index in [1.54, 1.807) is 4.90 Å². The first-order chi connectivity index (χ1) is 10.4. The highest BCUT2D eigenvalue weighted by atomic mass is 16.5. The van der Waals surface area contributed by atoms with E-state index in [1.807, 2.05) is 30.3 Å². The zero-order valence-corrected chi connectivity index (χ0v) is 13.2. The maximum absolute atomic E-state index is 12.2. The third-order valence-electron chi connectivity index (χ3n) is 3.72. The van der Waals surface area contributed by atoms with E-state index in [0.29, 0.717) is 24.7 Å². The lowest BCUT2D eigenvalue weighted by atomic mass is 9.92. The molecule has 2 heterocycles. The molecule has 0 spiro atoms. The highest BCUT2D eigenvalue weighted by Crippen LogP contribution is 2.30. The second kappa shape index (κ2) is 5.55. The molecule has 1 amide bonds. The van der Waals surface area contributed by atoms with Crippen molar-refractivity contribution in [3.63, 3.8) is 0 Å². The number of anilines is 1. The Bertz CT molecular complexity index is 658. The molecule has 0 aliphatic carbocycles. The first kappa shape index (κ1) is 14.8. The number of para-hydroxylation sites is 1. The number of nitrogens with zero attached hydrogens (tertiary/aromatic N) is 3. The van der Waals surface area contributed by atoms with Gasteiger partial charge >= 0.3 is 0 Å². The summed E-state index contributed by atoms with van der Waals surface area (Å²) in [6.07, 6.45) is 1.17. The Morgan fingerprint density at radius 3 is 2.68 bits per heavy atom. The monoisotopic (exact) mass is 299 g/mol. The fraction of sp³-hybridized carbons (Fsp3) is 0.471. The molecule has 5 nitrogen and oxygen atoms in total. The number of carbonyl (C=O) groups excluding carboxylic acids is 1. The van der Waals surface area contributed by atoms with Crippen molar-refractivity contribution in [3.05, 3.63) is 42.0 Å². The van der Waals surface area contributed by atoms with Gasteiger partial charge in [-0.15, -0.1) is 0 Å². The topological polar surface area (TPSA) is 59.2 Å². The zero-order valence-electron chi connectivity index (χ0n) is 13.2. The fourth-order valence-corrected chi connectivity index (χ4v) is 2.70. The predicted molar refractivity (Wildman–Crippen MR) is 83.6 cm³/mol. The molecule has 116 valence electrons. The van der Waals surface area contributed by atoms with Crippen molar-refractivity contribution < 1.29 is 9.32 Å².